The third-order valence-electron chi connectivity index (χ3n) is 2.86. The van der Waals surface area contributed by atoms with Crippen LogP contribution in [0.1, 0.15) is 22.8 Å². The van der Waals surface area contributed by atoms with Crippen LogP contribution < -0.4 is 4.90 Å². The van der Waals surface area contributed by atoms with Crippen LogP contribution in [0.25, 0.3) is 0 Å². The van der Waals surface area contributed by atoms with Crippen LogP contribution in [0.2, 0.25) is 0 Å². The second-order valence-electron chi connectivity index (χ2n) is 4.11. The molecule has 0 aliphatic heterocycles. The van der Waals surface area contributed by atoms with Crippen molar-refractivity contribution in [1.82, 2.24) is 4.98 Å². The first-order chi connectivity index (χ1) is 8.76. The lowest BCUT2D eigenvalue weighted by Gasteiger charge is -2.23. The molecule has 0 radical (unpaired) electrons. The summed E-state index contributed by atoms with van der Waals surface area (Å²) in [6.07, 6.45) is 2.55. The lowest BCUT2D eigenvalue weighted by atomic mass is 10.2. The van der Waals surface area contributed by atoms with E-state index in [4.69, 9.17) is 0 Å². The van der Waals surface area contributed by atoms with Gasteiger partial charge in [0, 0.05) is 18.4 Å². The van der Waals surface area contributed by atoms with E-state index in [1.807, 2.05) is 24.0 Å². The van der Waals surface area contributed by atoms with Crippen molar-refractivity contribution in [3.8, 4) is 0 Å². The molecule has 92 valence electrons. The molecule has 0 atom stereocenters. The Labute approximate surface area is 107 Å². The van der Waals surface area contributed by atoms with Crippen molar-refractivity contribution in [3.63, 3.8) is 0 Å². The Morgan fingerprint density at radius 1 is 1.22 bits per heavy atom. The predicted molar refractivity (Wildman–Crippen MR) is 73.5 cm³/mol. The Balaban J connectivity index is 2.45. The summed E-state index contributed by atoms with van der Waals surface area (Å²) in [7, 11) is 0. The number of aryl methyl sites for hydroxylation is 1. The maximum atomic E-state index is 11.1. The number of hydrogen-bond acceptors (Lipinski definition) is 3. The van der Waals surface area contributed by atoms with E-state index in [-0.39, 0.29) is 0 Å². The third kappa shape index (κ3) is 2.40. The van der Waals surface area contributed by atoms with E-state index in [1.54, 1.807) is 18.3 Å². The average molecular weight is 240 g/mol. The fourth-order valence-corrected chi connectivity index (χ4v) is 1.91. The molecule has 1 aromatic heterocycles. The highest BCUT2D eigenvalue weighted by Crippen LogP contribution is 2.25. The van der Waals surface area contributed by atoms with Crippen LogP contribution in [0.3, 0.4) is 0 Å². The molecule has 1 heterocycles. The third-order valence-corrected chi connectivity index (χ3v) is 2.86. The second kappa shape index (κ2) is 5.45. The quantitative estimate of drug-likeness (QED) is 0.768. The van der Waals surface area contributed by atoms with Crippen molar-refractivity contribution in [2.75, 3.05) is 11.4 Å². The molecule has 0 aliphatic carbocycles. The monoisotopic (exact) mass is 240 g/mol. The van der Waals surface area contributed by atoms with Crippen molar-refractivity contribution >= 4 is 17.8 Å². The molecule has 2 aromatic rings. The van der Waals surface area contributed by atoms with Crippen LogP contribution >= 0.6 is 0 Å². The summed E-state index contributed by atoms with van der Waals surface area (Å²) in [5, 5.41) is 0. The highest BCUT2D eigenvalue weighted by Gasteiger charge is 2.12. The molecule has 0 spiro atoms. The van der Waals surface area contributed by atoms with Crippen molar-refractivity contribution in [1.29, 1.82) is 0 Å². The first kappa shape index (κ1) is 12.3. The van der Waals surface area contributed by atoms with E-state index in [0.717, 1.165) is 18.5 Å². The zero-order chi connectivity index (χ0) is 13.0. The van der Waals surface area contributed by atoms with E-state index in [2.05, 4.69) is 24.0 Å². The molecule has 0 saturated carbocycles. The van der Waals surface area contributed by atoms with Gasteiger partial charge in [-0.3, -0.25) is 4.79 Å². The summed E-state index contributed by atoms with van der Waals surface area (Å²) >= 11 is 0. The van der Waals surface area contributed by atoms with Gasteiger partial charge in [0.15, 0.2) is 6.29 Å². The van der Waals surface area contributed by atoms with Gasteiger partial charge < -0.3 is 4.90 Å². The number of pyridine rings is 1. The van der Waals surface area contributed by atoms with E-state index in [1.165, 1.54) is 5.56 Å². The van der Waals surface area contributed by atoms with Gasteiger partial charge in [0.25, 0.3) is 0 Å². The van der Waals surface area contributed by atoms with Gasteiger partial charge in [0.1, 0.15) is 5.82 Å². The molecule has 3 nitrogen and oxygen atoms in total. The zero-order valence-electron chi connectivity index (χ0n) is 10.6. The van der Waals surface area contributed by atoms with Gasteiger partial charge in [0.05, 0.1) is 5.56 Å². The molecule has 18 heavy (non-hydrogen) atoms. The Morgan fingerprint density at radius 2 is 1.94 bits per heavy atom. The molecule has 0 amide bonds. The number of rotatable bonds is 4. The highest BCUT2D eigenvalue weighted by molar-refractivity contribution is 5.84. The van der Waals surface area contributed by atoms with Crippen molar-refractivity contribution < 1.29 is 4.79 Å². The molecule has 0 saturated heterocycles. The van der Waals surface area contributed by atoms with Gasteiger partial charge in [-0.25, -0.2) is 4.98 Å². The van der Waals surface area contributed by atoms with Crippen LogP contribution in [0.4, 0.5) is 11.5 Å². The maximum absolute atomic E-state index is 11.1. The van der Waals surface area contributed by atoms with Crippen LogP contribution in [0.5, 0.6) is 0 Å². The van der Waals surface area contributed by atoms with Crippen molar-refractivity contribution in [3.05, 3.63) is 53.7 Å². The van der Waals surface area contributed by atoms with Gasteiger partial charge in [-0.1, -0.05) is 17.7 Å². The van der Waals surface area contributed by atoms with Crippen LogP contribution in [-0.4, -0.2) is 17.8 Å². The fourth-order valence-electron chi connectivity index (χ4n) is 1.91. The van der Waals surface area contributed by atoms with E-state index in [0.29, 0.717) is 11.4 Å². The number of hydrogen-bond donors (Lipinski definition) is 0. The number of nitrogens with zero attached hydrogens (tertiary/aromatic N) is 2. The van der Waals surface area contributed by atoms with E-state index < -0.39 is 0 Å². The van der Waals surface area contributed by atoms with Crippen molar-refractivity contribution in [2.45, 2.75) is 13.8 Å². The van der Waals surface area contributed by atoms with Crippen LogP contribution in [-0.2, 0) is 0 Å². The number of aldehydes is 1. The normalized spacial score (nSPS) is 10.1. The molecule has 1 aromatic carbocycles. The lowest BCUT2D eigenvalue weighted by molar-refractivity contribution is 0.112. The number of carbonyl (C=O) groups excluding carboxylic acids is 1. The predicted octanol–water partition coefficient (Wildman–Crippen LogP) is 3.36. The topological polar surface area (TPSA) is 33.2 Å². The molecule has 2 rings (SSSR count). The first-order valence-corrected chi connectivity index (χ1v) is 6.00. The Bertz CT molecular complexity index is 534. The van der Waals surface area contributed by atoms with Gasteiger partial charge in [-0.15, -0.1) is 0 Å². The average Bonchev–Trinajstić information content (AvgIpc) is 2.42. The number of aromatic nitrogens is 1. The van der Waals surface area contributed by atoms with Gasteiger partial charge in [-0.2, -0.15) is 0 Å². The summed E-state index contributed by atoms with van der Waals surface area (Å²) in [5.41, 5.74) is 2.87. The zero-order valence-corrected chi connectivity index (χ0v) is 10.6. The Morgan fingerprint density at radius 3 is 2.56 bits per heavy atom. The van der Waals surface area contributed by atoms with E-state index in [9.17, 15) is 4.79 Å². The smallest absolute Gasteiger partial charge is 0.153 e. The Hall–Kier alpha value is -2.16. The summed E-state index contributed by atoms with van der Waals surface area (Å²) in [6, 6.07) is 11.8. The minimum absolute atomic E-state index is 0.611. The maximum Gasteiger partial charge on any atom is 0.153 e. The van der Waals surface area contributed by atoms with E-state index >= 15 is 0 Å². The minimum atomic E-state index is 0.611. The summed E-state index contributed by atoms with van der Waals surface area (Å²) < 4.78 is 0. The molecule has 0 bridgehead atoms. The van der Waals surface area contributed by atoms with Crippen LogP contribution in [0, 0.1) is 6.92 Å². The number of benzene rings is 1. The standard InChI is InChI=1S/C15H16N2O/c1-3-17(14-8-6-12(2)7-9-14)15-13(11-18)5-4-10-16-15/h4-11H,3H2,1-2H3. The number of anilines is 2. The largest absolute Gasteiger partial charge is 0.326 e. The SMILES string of the molecule is CCN(c1ccc(C)cc1)c1ncccc1C=O. The lowest BCUT2D eigenvalue weighted by Crippen LogP contribution is -2.18. The highest BCUT2D eigenvalue weighted by atomic mass is 16.1. The van der Waals surface area contributed by atoms with Gasteiger partial charge >= 0.3 is 0 Å². The van der Waals surface area contributed by atoms with Crippen molar-refractivity contribution in [2.24, 2.45) is 0 Å². The summed E-state index contributed by atoms with van der Waals surface area (Å²) in [5.74, 6) is 0.707. The molecular weight excluding hydrogens is 224 g/mol. The second-order valence-corrected chi connectivity index (χ2v) is 4.11. The molecule has 3 heteroatoms. The molecular formula is C15H16N2O. The minimum Gasteiger partial charge on any atom is -0.326 e. The molecule has 0 fully saturated rings. The Kier molecular flexibility index (Phi) is 3.72. The number of carbonyl (C=O) groups is 1. The van der Waals surface area contributed by atoms with Gasteiger partial charge in [-0.05, 0) is 38.1 Å². The molecule has 0 N–H and O–H groups in total. The van der Waals surface area contributed by atoms with Crippen LogP contribution in [0.15, 0.2) is 42.6 Å². The fraction of sp³-hybridized carbons (Fsp3) is 0.200. The first-order valence-electron chi connectivity index (χ1n) is 6.00. The molecule has 0 aliphatic rings. The molecule has 0 unspecified atom stereocenters. The summed E-state index contributed by atoms with van der Waals surface area (Å²) in [6.45, 7) is 4.86. The van der Waals surface area contributed by atoms with Gasteiger partial charge in [0.2, 0.25) is 0 Å². The summed E-state index contributed by atoms with van der Waals surface area (Å²) in [4.78, 5) is 17.4.